The third-order valence-corrected chi connectivity index (χ3v) is 6.80. The Morgan fingerprint density at radius 3 is 2.90 bits per heavy atom. The highest BCUT2D eigenvalue weighted by atomic mass is 32.2. The summed E-state index contributed by atoms with van der Waals surface area (Å²) in [7, 11) is -2.94. The average Bonchev–Trinajstić information content (AvgIpc) is 3.10. The number of aryl methyl sites for hydroxylation is 1. The van der Waals surface area contributed by atoms with Crippen LogP contribution in [0.15, 0.2) is 11.4 Å². The van der Waals surface area contributed by atoms with Gasteiger partial charge in [-0.1, -0.05) is 6.92 Å². The highest BCUT2D eigenvalue weighted by Crippen LogP contribution is 2.36. The van der Waals surface area contributed by atoms with E-state index in [9.17, 15) is 8.42 Å². The Hall–Kier alpha value is -1.34. The summed E-state index contributed by atoms with van der Waals surface area (Å²) in [6.07, 6.45) is 1.54. The van der Waals surface area contributed by atoms with Crippen LogP contribution in [0.3, 0.4) is 0 Å². The van der Waals surface area contributed by atoms with Crippen LogP contribution >= 0.6 is 11.3 Å². The Labute approximate surface area is 128 Å². The van der Waals surface area contributed by atoms with Gasteiger partial charge in [0, 0.05) is 5.56 Å². The number of nitrogen functional groups attached to an aromatic ring is 1. The first-order valence-corrected chi connectivity index (χ1v) is 9.74. The van der Waals surface area contributed by atoms with Gasteiger partial charge in [0.15, 0.2) is 9.84 Å². The first-order chi connectivity index (χ1) is 9.93. The van der Waals surface area contributed by atoms with E-state index in [-0.39, 0.29) is 17.5 Å². The molecule has 0 radical (unpaired) electrons. The molecule has 3 rings (SSSR count). The van der Waals surface area contributed by atoms with Crippen LogP contribution in [0.5, 0.6) is 0 Å². The predicted octanol–water partition coefficient (Wildman–Crippen LogP) is 2.42. The number of thiophene rings is 1. The minimum Gasteiger partial charge on any atom is -0.384 e. The summed E-state index contributed by atoms with van der Waals surface area (Å²) in [5.74, 6) is 0.954. The molecule has 0 bridgehead atoms. The third kappa shape index (κ3) is 2.48. The maximum atomic E-state index is 11.7. The Kier molecular flexibility index (Phi) is 3.57. The molecule has 21 heavy (non-hydrogen) atoms. The van der Waals surface area contributed by atoms with Gasteiger partial charge < -0.3 is 5.73 Å². The molecule has 5 nitrogen and oxygen atoms in total. The molecule has 1 unspecified atom stereocenters. The van der Waals surface area contributed by atoms with Gasteiger partial charge in [0.05, 0.1) is 22.4 Å². The minimum absolute atomic E-state index is 0.132. The van der Waals surface area contributed by atoms with Crippen molar-refractivity contribution in [2.24, 2.45) is 0 Å². The van der Waals surface area contributed by atoms with E-state index >= 15 is 0 Å². The molecule has 1 atom stereocenters. The molecular formula is C14H19N3O2S2. The van der Waals surface area contributed by atoms with Crippen LogP contribution in [0.1, 0.15) is 30.5 Å². The van der Waals surface area contributed by atoms with Gasteiger partial charge >= 0.3 is 0 Å². The Morgan fingerprint density at radius 2 is 2.29 bits per heavy atom. The first kappa shape index (κ1) is 14.6. The minimum atomic E-state index is -2.94. The average molecular weight is 325 g/mol. The highest BCUT2D eigenvalue weighted by molar-refractivity contribution is 7.91. The summed E-state index contributed by atoms with van der Waals surface area (Å²) in [5, 5.41) is 6.70. The highest BCUT2D eigenvalue weighted by Gasteiger charge is 2.32. The fraction of sp³-hybridized carbons (Fsp3) is 0.500. The topological polar surface area (TPSA) is 78.0 Å². The number of nitrogens with zero attached hydrogens (tertiary/aromatic N) is 2. The molecular weight excluding hydrogens is 306 g/mol. The number of hydrogen-bond acceptors (Lipinski definition) is 5. The number of anilines is 1. The van der Waals surface area contributed by atoms with E-state index < -0.39 is 9.84 Å². The summed E-state index contributed by atoms with van der Waals surface area (Å²) in [6, 6.07) is 1.97. The SMILES string of the molecule is CCc1ccsc1-c1nn(C2CCS(=O)(=O)C2)c(N)c1C. The molecule has 1 saturated heterocycles. The van der Waals surface area contributed by atoms with Gasteiger partial charge in [-0.05, 0) is 36.8 Å². The van der Waals surface area contributed by atoms with Crippen molar-refractivity contribution in [1.29, 1.82) is 0 Å². The van der Waals surface area contributed by atoms with E-state index in [0.717, 1.165) is 22.6 Å². The number of hydrogen-bond donors (Lipinski definition) is 1. The Bertz CT molecular complexity index is 774. The fourth-order valence-electron chi connectivity index (χ4n) is 2.81. The zero-order valence-corrected chi connectivity index (χ0v) is 13.8. The maximum absolute atomic E-state index is 11.7. The Balaban J connectivity index is 2.04. The predicted molar refractivity (Wildman–Crippen MR) is 86.4 cm³/mol. The van der Waals surface area contributed by atoms with Crippen molar-refractivity contribution in [2.45, 2.75) is 32.7 Å². The quantitative estimate of drug-likeness (QED) is 0.940. The lowest BCUT2D eigenvalue weighted by atomic mass is 10.1. The lowest BCUT2D eigenvalue weighted by molar-refractivity contribution is 0.508. The molecule has 0 saturated carbocycles. The van der Waals surface area contributed by atoms with Crippen molar-refractivity contribution in [3.05, 3.63) is 22.6 Å². The molecule has 1 aliphatic rings. The zero-order valence-electron chi connectivity index (χ0n) is 12.2. The van der Waals surface area contributed by atoms with Gasteiger partial charge in [-0.25, -0.2) is 13.1 Å². The number of aromatic nitrogens is 2. The van der Waals surface area contributed by atoms with Gasteiger partial charge in [-0.2, -0.15) is 5.10 Å². The number of nitrogens with two attached hydrogens (primary N) is 1. The lowest BCUT2D eigenvalue weighted by Gasteiger charge is -2.10. The second kappa shape index (κ2) is 5.14. The molecule has 0 aromatic carbocycles. The summed E-state index contributed by atoms with van der Waals surface area (Å²) in [6.45, 7) is 4.07. The van der Waals surface area contributed by atoms with Crippen molar-refractivity contribution in [2.75, 3.05) is 17.2 Å². The molecule has 2 N–H and O–H groups in total. The molecule has 0 amide bonds. The van der Waals surface area contributed by atoms with Crippen molar-refractivity contribution in [3.63, 3.8) is 0 Å². The van der Waals surface area contributed by atoms with Crippen molar-refractivity contribution in [3.8, 4) is 10.6 Å². The molecule has 114 valence electrons. The smallest absolute Gasteiger partial charge is 0.152 e. The zero-order chi connectivity index (χ0) is 15.2. The van der Waals surface area contributed by atoms with E-state index in [1.165, 1.54) is 5.56 Å². The molecule has 7 heteroatoms. The van der Waals surface area contributed by atoms with E-state index in [1.807, 2.05) is 6.92 Å². The van der Waals surface area contributed by atoms with Crippen LogP contribution < -0.4 is 5.73 Å². The van der Waals surface area contributed by atoms with Crippen LogP contribution in [-0.2, 0) is 16.3 Å². The van der Waals surface area contributed by atoms with Crippen molar-refractivity contribution >= 4 is 27.0 Å². The van der Waals surface area contributed by atoms with Crippen LogP contribution in [-0.4, -0.2) is 29.7 Å². The van der Waals surface area contributed by atoms with Gasteiger partial charge in [0.1, 0.15) is 11.5 Å². The molecule has 0 spiro atoms. The summed E-state index contributed by atoms with van der Waals surface area (Å²) in [5.41, 5.74) is 9.27. The fourth-order valence-corrected chi connectivity index (χ4v) is 5.54. The standard InChI is InChI=1S/C14H19N3O2S2/c1-3-10-4-6-20-13(10)12-9(2)14(15)17(16-12)11-5-7-21(18,19)8-11/h4,6,11H,3,5,7-8,15H2,1-2H3. The molecule has 3 heterocycles. The third-order valence-electron chi connectivity index (χ3n) is 4.09. The van der Waals surface area contributed by atoms with Crippen molar-refractivity contribution in [1.82, 2.24) is 9.78 Å². The molecule has 1 fully saturated rings. The van der Waals surface area contributed by atoms with Gasteiger partial charge in [0.25, 0.3) is 0 Å². The largest absolute Gasteiger partial charge is 0.384 e. The van der Waals surface area contributed by atoms with Crippen LogP contribution in [0.2, 0.25) is 0 Å². The molecule has 2 aromatic rings. The first-order valence-electron chi connectivity index (χ1n) is 7.04. The summed E-state index contributed by atoms with van der Waals surface area (Å²) >= 11 is 1.66. The number of sulfone groups is 1. The lowest BCUT2D eigenvalue weighted by Crippen LogP contribution is -2.14. The van der Waals surface area contributed by atoms with E-state index in [1.54, 1.807) is 16.0 Å². The Morgan fingerprint density at radius 1 is 1.52 bits per heavy atom. The van der Waals surface area contributed by atoms with Crippen molar-refractivity contribution < 1.29 is 8.42 Å². The van der Waals surface area contributed by atoms with Crippen LogP contribution in [0.25, 0.3) is 10.6 Å². The van der Waals surface area contributed by atoms with Gasteiger partial charge in [-0.3, -0.25) is 0 Å². The second-order valence-corrected chi connectivity index (χ2v) is 8.63. The van der Waals surface area contributed by atoms with Gasteiger partial charge in [0.2, 0.25) is 0 Å². The van der Waals surface area contributed by atoms with E-state index in [2.05, 4.69) is 23.5 Å². The molecule has 1 aliphatic heterocycles. The van der Waals surface area contributed by atoms with Crippen LogP contribution in [0.4, 0.5) is 5.82 Å². The number of rotatable bonds is 3. The normalized spacial score (nSPS) is 21.0. The van der Waals surface area contributed by atoms with E-state index in [4.69, 9.17) is 5.73 Å². The summed E-state index contributed by atoms with van der Waals surface area (Å²) in [4.78, 5) is 1.14. The van der Waals surface area contributed by atoms with E-state index in [0.29, 0.717) is 12.2 Å². The maximum Gasteiger partial charge on any atom is 0.152 e. The molecule has 0 aliphatic carbocycles. The van der Waals surface area contributed by atoms with Crippen LogP contribution in [0, 0.1) is 6.92 Å². The summed E-state index contributed by atoms with van der Waals surface area (Å²) < 4.78 is 25.0. The molecule has 2 aromatic heterocycles. The van der Waals surface area contributed by atoms with Gasteiger partial charge in [-0.15, -0.1) is 11.3 Å². The second-order valence-electron chi connectivity index (χ2n) is 5.49. The monoisotopic (exact) mass is 325 g/mol.